The smallest absolute Gasteiger partial charge is 0.302 e. The number of benzene rings is 2. The first-order valence-corrected chi connectivity index (χ1v) is 25.4. The molecule has 2 saturated carbocycles. The molecule has 2 aliphatic heterocycles. The third kappa shape index (κ3) is 9.77. The molecule has 65 heavy (non-hydrogen) atoms. The Morgan fingerprint density at radius 2 is 1.78 bits per heavy atom. The van der Waals surface area contributed by atoms with Crippen LogP contribution in [0.25, 0.3) is 11.0 Å². The number of hydrogen-bond acceptors (Lipinski definition) is 12. The summed E-state index contributed by atoms with van der Waals surface area (Å²) in [5, 5.41) is 13.1. The van der Waals surface area contributed by atoms with E-state index < -0.39 is 31.4 Å². The number of amides is 1. The molecule has 2 N–H and O–H groups in total. The molecule has 0 bridgehead atoms. The molecule has 4 aliphatic rings. The zero-order chi connectivity index (χ0) is 45.5. The van der Waals surface area contributed by atoms with Gasteiger partial charge in [0.05, 0.1) is 35.9 Å². The number of anilines is 1. The molecule has 0 radical (unpaired) electrons. The highest BCUT2D eigenvalue weighted by molar-refractivity contribution is 7.99. The number of carbonyl (C=O) groups excluding carboxylic acids is 1. The molecule has 3 aromatic heterocycles. The lowest BCUT2D eigenvalue weighted by molar-refractivity contribution is -0.388. The second kappa shape index (κ2) is 18.3. The van der Waals surface area contributed by atoms with Gasteiger partial charge in [-0.05, 0) is 109 Å². The number of sulfonamides is 1. The first-order valence-electron chi connectivity index (χ1n) is 22.9. The van der Waals surface area contributed by atoms with E-state index in [0.717, 1.165) is 101 Å². The Labute approximate surface area is 385 Å². The Morgan fingerprint density at radius 3 is 2.54 bits per heavy atom. The van der Waals surface area contributed by atoms with Crippen LogP contribution < -0.4 is 14.4 Å². The molecule has 1 spiro atoms. The van der Waals surface area contributed by atoms with E-state index in [9.17, 15) is 23.3 Å². The molecular weight excluding hydrogens is 863 g/mol. The highest BCUT2D eigenvalue weighted by atomic mass is 32.2. The van der Waals surface area contributed by atoms with Gasteiger partial charge in [-0.1, -0.05) is 63.7 Å². The highest BCUT2D eigenvalue weighted by Crippen LogP contribution is 2.53. The van der Waals surface area contributed by atoms with Crippen molar-refractivity contribution in [2.75, 3.05) is 43.5 Å². The highest BCUT2D eigenvalue weighted by Gasteiger charge is 2.50. The Balaban J connectivity index is 0.898. The van der Waals surface area contributed by atoms with Crippen molar-refractivity contribution in [3.8, 4) is 11.5 Å². The number of ether oxygens (including phenoxy) is 2. The Morgan fingerprint density at radius 1 is 1.02 bits per heavy atom. The molecule has 1 amide bonds. The number of pyridine rings is 2. The number of thioether (sulfide) groups is 1. The maximum atomic E-state index is 14.0. The van der Waals surface area contributed by atoms with Crippen LogP contribution in [-0.4, -0.2) is 83.7 Å². The van der Waals surface area contributed by atoms with Gasteiger partial charge in [0.15, 0.2) is 5.03 Å². The summed E-state index contributed by atoms with van der Waals surface area (Å²) in [5.74, 6) is 1.06. The van der Waals surface area contributed by atoms with Crippen LogP contribution in [0.1, 0.15) is 113 Å². The monoisotopic (exact) mass is 921 g/mol. The van der Waals surface area contributed by atoms with Gasteiger partial charge in [-0.2, -0.15) is 0 Å². The molecule has 2 aliphatic carbocycles. The zero-order valence-electron chi connectivity index (χ0n) is 37.6. The molecule has 14 nitrogen and oxygen atoms in total. The molecule has 344 valence electrons. The molecule has 2 aromatic carbocycles. The van der Waals surface area contributed by atoms with Gasteiger partial charge in [0, 0.05) is 67.0 Å². The van der Waals surface area contributed by atoms with Crippen LogP contribution in [0.3, 0.4) is 0 Å². The molecule has 4 fully saturated rings. The predicted molar refractivity (Wildman–Crippen MR) is 252 cm³/mol. The summed E-state index contributed by atoms with van der Waals surface area (Å²) < 4.78 is 42.0. The third-order valence-corrected chi connectivity index (χ3v) is 16.9. The summed E-state index contributed by atoms with van der Waals surface area (Å²) in [5.41, 5.74) is 4.42. The standard InChI is InChI=1S/C49H59N7O7S2/c1-32(2)39-7-5-6-8-40(39)43-30-62-22-21-55(43)36-26-49(27-36)16-19-54(20-17-49)35-9-10-41(44(24-35)63-37-23-34-13-18-50-45(34)51-28-37)46(57)53-65(60,61)38-25-42(56(58)59)47(52-29-38)64-31-33-11-14-48(3,4)15-12-33/h5-10,13,18,23-25,28-29,32-33,36,43H,11-12,14-17,19-22,26-27,30-31H2,1-4H3,(H,50,51)(H,53,57)/t43-/m1/s1. The third-order valence-electron chi connectivity index (χ3n) is 14.4. The van der Waals surface area contributed by atoms with Gasteiger partial charge in [-0.25, -0.2) is 23.1 Å². The fraction of sp³-hybridized carbons (Fsp3) is 0.490. The van der Waals surface area contributed by atoms with E-state index in [1.54, 1.807) is 30.6 Å². The van der Waals surface area contributed by atoms with Crippen molar-refractivity contribution in [2.24, 2.45) is 16.7 Å². The number of rotatable bonds is 13. The number of H-pyrrole nitrogens is 1. The van der Waals surface area contributed by atoms with Crippen LogP contribution >= 0.6 is 11.8 Å². The number of nitrogens with one attached hydrogen (secondary N) is 2. The van der Waals surface area contributed by atoms with Gasteiger partial charge < -0.3 is 19.4 Å². The zero-order valence-corrected chi connectivity index (χ0v) is 39.3. The summed E-state index contributed by atoms with van der Waals surface area (Å²) in [6, 6.07) is 19.4. The predicted octanol–water partition coefficient (Wildman–Crippen LogP) is 10.0. The molecule has 16 heteroatoms. The summed E-state index contributed by atoms with van der Waals surface area (Å²) >= 11 is 1.27. The molecule has 2 saturated heterocycles. The molecular formula is C49H59N7O7S2. The van der Waals surface area contributed by atoms with E-state index in [2.05, 4.69) is 81.4 Å². The number of hydrogen-bond donors (Lipinski definition) is 2. The van der Waals surface area contributed by atoms with E-state index in [-0.39, 0.29) is 27.8 Å². The lowest BCUT2D eigenvalue weighted by Crippen LogP contribution is -2.58. The lowest BCUT2D eigenvalue weighted by atomic mass is 9.59. The van der Waals surface area contributed by atoms with E-state index >= 15 is 0 Å². The average molecular weight is 922 g/mol. The largest absolute Gasteiger partial charge is 0.455 e. The Hall–Kier alpha value is -5.03. The van der Waals surface area contributed by atoms with Crippen molar-refractivity contribution in [1.82, 2.24) is 24.6 Å². The maximum Gasteiger partial charge on any atom is 0.302 e. The van der Waals surface area contributed by atoms with Crippen LogP contribution in [0.5, 0.6) is 11.5 Å². The lowest BCUT2D eigenvalue weighted by Gasteiger charge is -2.57. The molecule has 9 rings (SSSR count). The van der Waals surface area contributed by atoms with Gasteiger partial charge in [0.1, 0.15) is 22.0 Å². The summed E-state index contributed by atoms with van der Waals surface area (Å²) in [7, 11) is -4.59. The number of piperidine rings is 1. The number of aromatic nitrogens is 3. The number of fused-ring (bicyclic) bond motifs is 1. The maximum absolute atomic E-state index is 14.0. The van der Waals surface area contributed by atoms with E-state index in [0.29, 0.717) is 47.0 Å². The minimum absolute atomic E-state index is 0.0220. The van der Waals surface area contributed by atoms with Crippen molar-refractivity contribution >= 4 is 50.1 Å². The number of morpholine rings is 1. The fourth-order valence-electron chi connectivity index (χ4n) is 10.4. The normalized spacial score (nSPS) is 20.5. The molecule has 1 atom stereocenters. The van der Waals surface area contributed by atoms with E-state index in [1.807, 2.05) is 12.1 Å². The molecule has 5 heterocycles. The van der Waals surface area contributed by atoms with Crippen LogP contribution in [0.2, 0.25) is 0 Å². The minimum atomic E-state index is -4.59. The van der Waals surface area contributed by atoms with Gasteiger partial charge in [-0.3, -0.25) is 19.8 Å². The van der Waals surface area contributed by atoms with Crippen LogP contribution in [0, 0.1) is 26.9 Å². The van der Waals surface area contributed by atoms with Crippen molar-refractivity contribution in [1.29, 1.82) is 0 Å². The minimum Gasteiger partial charge on any atom is -0.455 e. The van der Waals surface area contributed by atoms with Gasteiger partial charge in [0.25, 0.3) is 15.9 Å². The Bertz CT molecular complexity index is 2660. The number of nitro groups is 1. The summed E-state index contributed by atoms with van der Waals surface area (Å²) in [6.45, 7) is 13.1. The van der Waals surface area contributed by atoms with E-state index in [1.165, 1.54) is 22.9 Å². The summed E-state index contributed by atoms with van der Waals surface area (Å²) in [4.78, 5) is 41.8. The average Bonchev–Trinajstić information content (AvgIpc) is 3.76. The molecule has 5 aromatic rings. The van der Waals surface area contributed by atoms with Gasteiger partial charge in [0.2, 0.25) is 0 Å². The number of nitrogens with zero attached hydrogens (tertiary/aromatic N) is 5. The topological polar surface area (TPSA) is 173 Å². The van der Waals surface area contributed by atoms with Gasteiger partial charge >= 0.3 is 5.69 Å². The first kappa shape index (κ1) is 45.1. The van der Waals surface area contributed by atoms with Crippen molar-refractivity contribution in [3.05, 3.63) is 106 Å². The first-order chi connectivity index (χ1) is 31.2. The van der Waals surface area contributed by atoms with Crippen molar-refractivity contribution < 1.29 is 27.6 Å². The number of aromatic amines is 1. The van der Waals surface area contributed by atoms with E-state index in [4.69, 9.17) is 9.47 Å². The quantitative estimate of drug-likeness (QED) is 0.0651. The second-order valence-corrected chi connectivity index (χ2v) is 22.3. The Kier molecular flexibility index (Phi) is 12.7. The van der Waals surface area contributed by atoms with Crippen LogP contribution in [-0.2, 0) is 14.8 Å². The van der Waals surface area contributed by atoms with Crippen LogP contribution in [0.4, 0.5) is 11.4 Å². The number of carbonyl (C=O) groups is 1. The van der Waals surface area contributed by atoms with Crippen LogP contribution in [0.15, 0.2) is 89.2 Å². The van der Waals surface area contributed by atoms with Gasteiger partial charge in [-0.15, -0.1) is 0 Å². The van der Waals surface area contributed by atoms with Crippen molar-refractivity contribution in [3.63, 3.8) is 0 Å². The van der Waals surface area contributed by atoms with Crippen molar-refractivity contribution in [2.45, 2.75) is 107 Å². The summed E-state index contributed by atoms with van der Waals surface area (Å²) in [6.07, 6.45) is 13.0. The molecule has 0 unspecified atom stereocenters. The second-order valence-electron chi connectivity index (χ2n) is 19.6. The fourth-order valence-corrected chi connectivity index (χ4v) is 12.5. The SMILES string of the molecule is CC(C)c1ccccc1[C@H]1COCCN1C1CC2(CCN(c3ccc(C(=O)NS(=O)(=O)c4cnc(SCC5CCC(C)(C)CC5)c([N+](=O)[O-])c4)c(Oc4cnc5[nH]ccc5c4)c3)CC2)C1.